The van der Waals surface area contributed by atoms with E-state index in [0.717, 1.165) is 17.0 Å². The Labute approximate surface area is 101 Å². The molecule has 3 nitrogen and oxygen atoms in total. The van der Waals surface area contributed by atoms with Crippen LogP contribution in [0.15, 0.2) is 30.6 Å². The van der Waals surface area contributed by atoms with Crippen molar-refractivity contribution in [3.05, 3.63) is 58.7 Å². The molecule has 0 aliphatic rings. The van der Waals surface area contributed by atoms with E-state index < -0.39 is 0 Å². The lowest BCUT2D eigenvalue weighted by Gasteiger charge is -2.07. The van der Waals surface area contributed by atoms with Crippen molar-refractivity contribution in [1.29, 1.82) is 0 Å². The highest BCUT2D eigenvalue weighted by atomic mass is 16.1. The van der Waals surface area contributed by atoms with E-state index in [9.17, 15) is 4.79 Å². The van der Waals surface area contributed by atoms with Crippen molar-refractivity contribution < 1.29 is 4.79 Å². The van der Waals surface area contributed by atoms with Crippen LogP contribution in [0.25, 0.3) is 0 Å². The molecule has 0 aliphatic heterocycles. The predicted octanol–water partition coefficient (Wildman–Crippen LogP) is 2.63. The van der Waals surface area contributed by atoms with Gasteiger partial charge in [-0.05, 0) is 44.5 Å². The second-order valence-corrected chi connectivity index (χ2v) is 4.11. The van der Waals surface area contributed by atoms with E-state index in [0.29, 0.717) is 11.1 Å². The Morgan fingerprint density at radius 1 is 1.06 bits per heavy atom. The van der Waals surface area contributed by atoms with Crippen LogP contribution in [0.5, 0.6) is 0 Å². The Hall–Kier alpha value is -2.03. The van der Waals surface area contributed by atoms with Crippen molar-refractivity contribution in [2.45, 2.75) is 20.8 Å². The van der Waals surface area contributed by atoms with Crippen LogP contribution in [-0.4, -0.2) is 15.8 Å². The summed E-state index contributed by atoms with van der Waals surface area (Å²) in [5, 5.41) is 0. The van der Waals surface area contributed by atoms with Gasteiger partial charge in [-0.2, -0.15) is 0 Å². The van der Waals surface area contributed by atoms with Crippen LogP contribution >= 0.6 is 0 Å². The molecular formula is C14H14N2O. The summed E-state index contributed by atoms with van der Waals surface area (Å²) in [6.07, 6.45) is 3.29. The minimum atomic E-state index is -0.0133. The summed E-state index contributed by atoms with van der Waals surface area (Å²) in [6, 6.07) is 5.52. The number of hydrogen-bond acceptors (Lipinski definition) is 3. The summed E-state index contributed by atoms with van der Waals surface area (Å²) in [4.78, 5) is 20.6. The van der Waals surface area contributed by atoms with Gasteiger partial charge >= 0.3 is 0 Å². The number of nitrogens with zero attached hydrogens (tertiary/aromatic N) is 2. The largest absolute Gasteiger partial charge is 0.288 e. The van der Waals surface area contributed by atoms with Crippen molar-refractivity contribution in [1.82, 2.24) is 9.97 Å². The Balaban J connectivity index is 2.48. The minimum absolute atomic E-state index is 0.0133. The molecule has 0 aliphatic carbocycles. The van der Waals surface area contributed by atoms with E-state index in [-0.39, 0.29) is 5.78 Å². The van der Waals surface area contributed by atoms with E-state index in [1.54, 1.807) is 12.4 Å². The van der Waals surface area contributed by atoms with Gasteiger partial charge in [0.15, 0.2) is 5.78 Å². The SMILES string of the molecule is Cc1ccc(C(=O)c2cnccc2C)c(C)n1. The monoisotopic (exact) mass is 226 g/mol. The van der Waals surface area contributed by atoms with E-state index >= 15 is 0 Å². The maximum Gasteiger partial charge on any atom is 0.196 e. The number of aromatic nitrogens is 2. The minimum Gasteiger partial charge on any atom is -0.288 e. The average Bonchev–Trinajstić information content (AvgIpc) is 2.29. The van der Waals surface area contributed by atoms with Crippen molar-refractivity contribution in [3.8, 4) is 0 Å². The quantitative estimate of drug-likeness (QED) is 0.739. The van der Waals surface area contributed by atoms with Crippen LogP contribution in [0.4, 0.5) is 0 Å². The van der Waals surface area contributed by atoms with Crippen LogP contribution in [0.3, 0.4) is 0 Å². The average molecular weight is 226 g/mol. The van der Waals surface area contributed by atoms with Crippen LogP contribution < -0.4 is 0 Å². The summed E-state index contributed by atoms with van der Waals surface area (Å²) >= 11 is 0. The number of carbonyl (C=O) groups is 1. The van der Waals surface area contributed by atoms with Gasteiger partial charge < -0.3 is 0 Å². The molecule has 2 aromatic rings. The third kappa shape index (κ3) is 2.23. The molecule has 0 bridgehead atoms. The van der Waals surface area contributed by atoms with Crippen LogP contribution in [0.1, 0.15) is 32.9 Å². The van der Waals surface area contributed by atoms with Gasteiger partial charge in [0.1, 0.15) is 0 Å². The van der Waals surface area contributed by atoms with Gasteiger partial charge in [0.2, 0.25) is 0 Å². The highest BCUT2D eigenvalue weighted by Gasteiger charge is 2.14. The molecule has 0 amide bonds. The van der Waals surface area contributed by atoms with Gasteiger partial charge in [0.25, 0.3) is 0 Å². The fourth-order valence-corrected chi connectivity index (χ4v) is 1.77. The van der Waals surface area contributed by atoms with Crippen molar-refractivity contribution in [2.24, 2.45) is 0 Å². The Morgan fingerprint density at radius 2 is 1.82 bits per heavy atom. The lowest BCUT2D eigenvalue weighted by atomic mass is 10.00. The lowest BCUT2D eigenvalue weighted by Crippen LogP contribution is -2.07. The first kappa shape index (κ1) is 11.5. The van der Waals surface area contributed by atoms with E-state index in [1.807, 2.05) is 39.0 Å². The van der Waals surface area contributed by atoms with Gasteiger partial charge in [-0.3, -0.25) is 14.8 Å². The number of rotatable bonds is 2. The molecule has 0 aromatic carbocycles. The molecule has 0 spiro atoms. The standard InChI is InChI=1S/C14H14N2O/c1-9-6-7-15-8-13(9)14(17)12-5-4-10(2)16-11(12)3/h4-8H,1-3H3. The van der Waals surface area contributed by atoms with Gasteiger partial charge in [0.05, 0.1) is 0 Å². The maximum atomic E-state index is 12.3. The molecular weight excluding hydrogens is 212 g/mol. The van der Waals surface area contributed by atoms with Gasteiger partial charge in [-0.15, -0.1) is 0 Å². The Bertz CT molecular complexity index is 576. The second-order valence-electron chi connectivity index (χ2n) is 4.11. The molecule has 86 valence electrons. The Kier molecular flexibility index (Phi) is 3.00. The molecule has 2 heterocycles. The fourth-order valence-electron chi connectivity index (χ4n) is 1.77. The molecule has 0 saturated carbocycles. The molecule has 0 fully saturated rings. The third-order valence-corrected chi connectivity index (χ3v) is 2.75. The second kappa shape index (κ2) is 4.45. The topological polar surface area (TPSA) is 42.9 Å². The smallest absolute Gasteiger partial charge is 0.196 e. The van der Waals surface area contributed by atoms with E-state index in [1.165, 1.54) is 0 Å². The first-order chi connectivity index (χ1) is 8.09. The lowest BCUT2D eigenvalue weighted by molar-refractivity contribution is 0.103. The van der Waals surface area contributed by atoms with E-state index in [2.05, 4.69) is 9.97 Å². The Morgan fingerprint density at radius 3 is 2.47 bits per heavy atom. The number of aryl methyl sites for hydroxylation is 3. The maximum absolute atomic E-state index is 12.3. The molecule has 0 atom stereocenters. The number of carbonyl (C=O) groups excluding carboxylic acids is 1. The van der Waals surface area contributed by atoms with Crippen LogP contribution in [0.2, 0.25) is 0 Å². The summed E-state index contributed by atoms with van der Waals surface area (Å²) in [6.45, 7) is 5.67. The summed E-state index contributed by atoms with van der Waals surface area (Å²) in [5.74, 6) is -0.0133. The van der Waals surface area contributed by atoms with Crippen LogP contribution in [0, 0.1) is 20.8 Å². The van der Waals surface area contributed by atoms with Gasteiger partial charge in [-0.1, -0.05) is 0 Å². The summed E-state index contributed by atoms with van der Waals surface area (Å²) in [5.41, 5.74) is 3.90. The van der Waals surface area contributed by atoms with Crippen molar-refractivity contribution >= 4 is 5.78 Å². The zero-order chi connectivity index (χ0) is 12.4. The molecule has 17 heavy (non-hydrogen) atoms. The zero-order valence-electron chi connectivity index (χ0n) is 10.2. The molecule has 0 radical (unpaired) electrons. The van der Waals surface area contributed by atoms with Gasteiger partial charge in [-0.25, -0.2) is 0 Å². The number of pyridine rings is 2. The predicted molar refractivity (Wildman–Crippen MR) is 66.1 cm³/mol. The molecule has 0 unspecified atom stereocenters. The summed E-state index contributed by atoms with van der Waals surface area (Å²) in [7, 11) is 0. The van der Waals surface area contributed by atoms with Crippen LogP contribution in [-0.2, 0) is 0 Å². The fraction of sp³-hybridized carbons (Fsp3) is 0.214. The first-order valence-corrected chi connectivity index (χ1v) is 5.49. The third-order valence-electron chi connectivity index (χ3n) is 2.75. The molecule has 0 saturated heterocycles. The molecule has 3 heteroatoms. The highest BCUT2D eigenvalue weighted by Crippen LogP contribution is 2.15. The van der Waals surface area contributed by atoms with Gasteiger partial charge in [0, 0.05) is 34.9 Å². The van der Waals surface area contributed by atoms with Crippen molar-refractivity contribution in [2.75, 3.05) is 0 Å². The first-order valence-electron chi connectivity index (χ1n) is 5.49. The number of hydrogen-bond donors (Lipinski definition) is 0. The highest BCUT2D eigenvalue weighted by molar-refractivity contribution is 6.10. The molecule has 0 N–H and O–H groups in total. The summed E-state index contributed by atoms with van der Waals surface area (Å²) < 4.78 is 0. The number of ketones is 1. The molecule has 2 aromatic heterocycles. The zero-order valence-corrected chi connectivity index (χ0v) is 10.2. The molecule has 2 rings (SSSR count). The van der Waals surface area contributed by atoms with Crippen molar-refractivity contribution in [3.63, 3.8) is 0 Å². The normalized spacial score (nSPS) is 10.3. The van der Waals surface area contributed by atoms with E-state index in [4.69, 9.17) is 0 Å².